The number of aryl methyl sites for hydroxylation is 3. The SMILES string of the molecule is CCC(C)(C)N(C(=O)C(CO)NC(=O)OC(C)(C)C)C(C(=O)Nc1ccccc1C)c1ccc(C)cc1C. The van der Waals surface area contributed by atoms with Crippen LogP contribution in [0.25, 0.3) is 0 Å². The molecule has 0 spiro atoms. The molecule has 8 nitrogen and oxygen atoms in total. The van der Waals surface area contributed by atoms with Gasteiger partial charge in [-0.05, 0) is 84.6 Å². The fourth-order valence-corrected chi connectivity index (χ4v) is 4.19. The van der Waals surface area contributed by atoms with Gasteiger partial charge in [-0.15, -0.1) is 0 Å². The van der Waals surface area contributed by atoms with Crippen LogP contribution < -0.4 is 10.6 Å². The number of alkyl carbamates (subject to hydrolysis) is 1. The summed E-state index contributed by atoms with van der Waals surface area (Å²) in [6.45, 7) is 15.9. The van der Waals surface area contributed by atoms with Crippen molar-refractivity contribution < 1.29 is 24.2 Å². The summed E-state index contributed by atoms with van der Waals surface area (Å²) in [5.41, 5.74) is 2.45. The van der Waals surface area contributed by atoms with Gasteiger partial charge in [-0.1, -0.05) is 48.9 Å². The molecule has 0 aromatic heterocycles. The summed E-state index contributed by atoms with van der Waals surface area (Å²) in [4.78, 5) is 42.2. The van der Waals surface area contributed by atoms with Crippen LogP contribution in [0.5, 0.6) is 0 Å². The van der Waals surface area contributed by atoms with E-state index in [2.05, 4.69) is 10.6 Å². The second-order valence-corrected chi connectivity index (χ2v) is 11.3. The maximum atomic E-state index is 14.1. The Balaban J connectivity index is 2.64. The topological polar surface area (TPSA) is 108 Å². The van der Waals surface area contributed by atoms with Crippen molar-refractivity contribution in [2.75, 3.05) is 11.9 Å². The number of hydrogen-bond donors (Lipinski definition) is 3. The lowest BCUT2D eigenvalue weighted by Gasteiger charge is -2.44. The Labute approximate surface area is 226 Å². The number of carbonyl (C=O) groups is 3. The van der Waals surface area contributed by atoms with Crippen LogP contribution in [-0.2, 0) is 14.3 Å². The zero-order valence-electron chi connectivity index (χ0n) is 24.1. The number of rotatable bonds is 9. The Morgan fingerprint density at radius 2 is 1.61 bits per heavy atom. The number of nitrogens with one attached hydrogen (secondary N) is 2. The summed E-state index contributed by atoms with van der Waals surface area (Å²) >= 11 is 0. The molecule has 2 unspecified atom stereocenters. The molecule has 0 saturated carbocycles. The van der Waals surface area contributed by atoms with E-state index in [4.69, 9.17) is 4.74 Å². The zero-order valence-corrected chi connectivity index (χ0v) is 24.1. The number of para-hydroxylation sites is 1. The number of nitrogens with zero attached hydrogens (tertiary/aromatic N) is 1. The average Bonchev–Trinajstić information content (AvgIpc) is 2.81. The molecular formula is C30H43N3O5. The summed E-state index contributed by atoms with van der Waals surface area (Å²) < 4.78 is 5.32. The number of carbonyl (C=O) groups excluding carboxylic acids is 3. The molecule has 3 amide bonds. The Morgan fingerprint density at radius 1 is 0.974 bits per heavy atom. The number of anilines is 1. The Bertz CT molecular complexity index is 1150. The van der Waals surface area contributed by atoms with Crippen LogP contribution in [0.2, 0.25) is 0 Å². The standard InChI is InChI=1S/C30H43N3O5/c1-10-30(8,9)33(27(36)24(18-34)32-28(37)38-29(5,6)7)25(22-16-15-19(2)17-21(22)4)26(35)31-23-14-12-11-13-20(23)3/h11-17,24-25,34H,10,18H2,1-9H3,(H,31,35)(H,32,37). The number of benzene rings is 2. The van der Waals surface area contributed by atoms with E-state index in [1.54, 1.807) is 20.8 Å². The number of hydrogen-bond acceptors (Lipinski definition) is 5. The van der Waals surface area contributed by atoms with Crippen LogP contribution in [0.1, 0.15) is 76.3 Å². The van der Waals surface area contributed by atoms with Gasteiger partial charge < -0.3 is 25.4 Å². The fraction of sp³-hybridized carbons (Fsp3) is 0.500. The third-order valence-electron chi connectivity index (χ3n) is 6.56. The molecule has 2 atom stereocenters. The van der Waals surface area contributed by atoms with Crippen LogP contribution in [0.15, 0.2) is 42.5 Å². The van der Waals surface area contributed by atoms with E-state index in [9.17, 15) is 19.5 Å². The van der Waals surface area contributed by atoms with Gasteiger partial charge in [-0.3, -0.25) is 9.59 Å². The molecule has 2 aromatic rings. The van der Waals surface area contributed by atoms with Crippen molar-refractivity contribution in [2.24, 2.45) is 0 Å². The molecule has 8 heteroatoms. The molecule has 3 N–H and O–H groups in total. The monoisotopic (exact) mass is 525 g/mol. The lowest BCUT2D eigenvalue weighted by Crippen LogP contribution is -2.59. The molecule has 0 aliphatic carbocycles. The highest BCUT2D eigenvalue weighted by molar-refractivity contribution is 6.00. The van der Waals surface area contributed by atoms with Gasteiger partial charge in [0.25, 0.3) is 5.91 Å². The van der Waals surface area contributed by atoms with Crippen molar-refractivity contribution in [3.8, 4) is 0 Å². The molecule has 208 valence electrons. The fourth-order valence-electron chi connectivity index (χ4n) is 4.19. The quantitative estimate of drug-likeness (QED) is 0.417. The summed E-state index contributed by atoms with van der Waals surface area (Å²) in [6.07, 6.45) is -0.311. The first kappa shape index (κ1) is 30.8. The smallest absolute Gasteiger partial charge is 0.408 e. The van der Waals surface area contributed by atoms with Crippen LogP contribution >= 0.6 is 0 Å². The molecule has 0 radical (unpaired) electrons. The third-order valence-corrected chi connectivity index (χ3v) is 6.56. The molecule has 0 aliphatic rings. The minimum Gasteiger partial charge on any atom is -0.444 e. The molecule has 0 fully saturated rings. The van der Waals surface area contributed by atoms with Crippen molar-refractivity contribution in [1.29, 1.82) is 0 Å². The first-order valence-corrected chi connectivity index (χ1v) is 13.0. The van der Waals surface area contributed by atoms with Crippen molar-refractivity contribution in [1.82, 2.24) is 10.2 Å². The van der Waals surface area contributed by atoms with Gasteiger partial charge in [0.1, 0.15) is 17.7 Å². The van der Waals surface area contributed by atoms with Gasteiger partial charge in [0.2, 0.25) is 5.91 Å². The van der Waals surface area contributed by atoms with Crippen LogP contribution in [0.4, 0.5) is 10.5 Å². The highest BCUT2D eigenvalue weighted by Crippen LogP contribution is 2.35. The van der Waals surface area contributed by atoms with E-state index < -0.39 is 47.7 Å². The lowest BCUT2D eigenvalue weighted by molar-refractivity contribution is -0.148. The molecule has 0 saturated heterocycles. The largest absolute Gasteiger partial charge is 0.444 e. The molecule has 0 aliphatic heterocycles. The first-order chi connectivity index (χ1) is 17.6. The molecule has 0 heterocycles. The maximum Gasteiger partial charge on any atom is 0.408 e. The van der Waals surface area contributed by atoms with E-state index in [1.807, 2.05) is 84.0 Å². The van der Waals surface area contributed by atoms with Crippen LogP contribution in [-0.4, -0.2) is 51.7 Å². The predicted molar refractivity (Wildman–Crippen MR) is 150 cm³/mol. The second-order valence-electron chi connectivity index (χ2n) is 11.3. The normalized spacial score (nSPS) is 13.3. The minimum absolute atomic E-state index is 0.393. The van der Waals surface area contributed by atoms with Gasteiger partial charge in [-0.2, -0.15) is 0 Å². The molecule has 2 rings (SSSR count). The number of amides is 3. The second kappa shape index (κ2) is 12.4. The van der Waals surface area contributed by atoms with E-state index in [0.717, 1.165) is 16.7 Å². The van der Waals surface area contributed by atoms with Gasteiger partial charge in [-0.25, -0.2) is 4.79 Å². The Morgan fingerprint density at radius 3 is 2.13 bits per heavy atom. The van der Waals surface area contributed by atoms with Crippen LogP contribution in [0.3, 0.4) is 0 Å². The molecule has 0 bridgehead atoms. The highest BCUT2D eigenvalue weighted by atomic mass is 16.6. The van der Waals surface area contributed by atoms with Gasteiger partial charge in [0.15, 0.2) is 0 Å². The molecule has 38 heavy (non-hydrogen) atoms. The summed E-state index contributed by atoms with van der Waals surface area (Å²) in [7, 11) is 0. The number of ether oxygens (including phenoxy) is 1. The zero-order chi connectivity index (χ0) is 28.8. The van der Waals surface area contributed by atoms with E-state index in [0.29, 0.717) is 17.7 Å². The minimum atomic E-state index is -1.31. The lowest BCUT2D eigenvalue weighted by atomic mass is 9.90. The summed E-state index contributed by atoms with van der Waals surface area (Å²) in [5.74, 6) is -0.981. The van der Waals surface area contributed by atoms with E-state index in [1.165, 1.54) is 4.90 Å². The maximum absolute atomic E-state index is 14.1. The van der Waals surface area contributed by atoms with E-state index >= 15 is 0 Å². The van der Waals surface area contributed by atoms with Crippen molar-refractivity contribution >= 4 is 23.6 Å². The van der Waals surface area contributed by atoms with Crippen molar-refractivity contribution in [3.05, 3.63) is 64.7 Å². The van der Waals surface area contributed by atoms with E-state index in [-0.39, 0.29) is 0 Å². The first-order valence-electron chi connectivity index (χ1n) is 13.0. The summed E-state index contributed by atoms with van der Waals surface area (Å²) in [5, 5.41) is 15.7. The van der Waals surface area contributed by atoms with Crippen molar-refractivity contribution in [3.63, 3.8) is 0 Å². The molecule has 2 aromatic carbocycles. The van der Waals surface area contributed by atoms with Crippen molar-refractivity contribution in [2.45, 2.75) is 92.0 Å². The van der Waals surface area contributed by atoms with Gasteiger partial charge in [0, 0.05) is 11.2 Å². The Kier molecular flexibility index (Phi) is 10.1. The predicted octanol–water partition coefficient (Wildman–Crippen LogP) is 5.19. The number of aliphatic hydroxyl groups excluding tert-OH is 1. The highest BCUT2D eigenvalue weighted by Gasteiger charge is 2.43. The molecular weight excluding hydrogens is 482 g/mol. The van der Waals surface area contributed by atoms with Gasteiger partial charge in [0.05, 0.1) is 6.61 Å². The Hall–Kier alpha value is -3.39. The number of aliphatic hydroxyl groups is 1. The summed E-state index contributed by atoms with van der Waals surface area (Å²) in [6, 6.07) is 10.8. The average molecular weight is 526 g/mol. The van der Waals surface area contributed by atoms with Gasteiger partial charge >= 0.3 is 6.09 Å². The van der Waals surface area contributed by atoms with Crippen LogP contribution in [0, 0.1) is 20.8 Å². The third kappa shape index (κ3) is 7.81.